The summed E-state index contributed by atoms with van der Waals surface area (Å²) >= 11 is 0. The Morgan fingerprint density at radius 1 is 1.16 bits per heavy atom. The molecule has 2 atom stereocenters. The molecule has 0 spiro atoms. The number of carboxylic acid groups (broad SMARTS) is 1. The van der Waals surface area contributed by atoms with E-state index in [0.29, 0.717) is 0 Å². The van der Waals surface area contributed by atoms with E-state index in [0.717, 1.165) is 4.90 Å². The third-order valence-electron chi connectivity index (χ3n) is 2.75. The van der Waals surface area contributed by atoms with E-state index in [-0.39, 0.29) is 12.8 Å². The molecule has 1 amide bonds. The SMILES string of the molecule is COC(=O)[C@H]1CCC(C(=O)O)N1C(=O)OC(C)(C)C. The van der Waals surface area contributed by atoms with E-state index in [1.807, 2.05) is 0 Å². The zero-order valence-electron chi connectivity index (χ0n) is 11.5. The Balaban J connectivity index is 2.95. The number of likely N-dealkylation sites (tertiary alicyclic amines) is 1. The maximum atomic E-state index is 12.0. The van der Waals surface area contributed by atoms with Gasteiger partial charge in [-0.1, -0.05) is 0 Å². The summed E-state index contributed by atoms with van der Waals surface area (Å²) in [6, 6.07) is -1.96. The summed E-state index contributed by atoms with van der Waals surface area (Å²) in [4.78, 5) is 35.7. The van der Waals surface area contributed by atoms with Crippen LogP contribution in [-0.2, 0) is 19.1 Å². The highest BCUT2D eigenvalue weighted by Gasteiger charge is 2.46. The van der Waals surface area contributed by atoms with Crippen molar-refractivity contribution in [2.45, 2.75) is 51.3 Å². The molecule has 1 aliphatic heterocycles. The van der Waals surface area contributed by atoms with Crippen LogP contribution in [0.4, 0.5) is 4.79 Å². The smallest absolute Gasteiger partial charge is 0.411 e. The summed E-state index contributed by atoms with van der Waals surface area (Å²) in [6.07, 6.45) is -0.357. The summed E-state index contributed by atoms with van der Waals surface area (Å²) in [5.74, 6) is -1.79. The molecule has 0 bridgehead atoms. The average Bonchev–Trinajstić information content (AvgIpc) is 2.70. The number of carbonyl (C=O) groups is 3. The molecule has 7 nitrogen and oxygen atoms in total. The number of methoxy groups -OCH3 is 1. The number of nitrogens with zero attached hydrogens (tertiary/aromatic N) is 1. The molecule has 0 saturated carbocycles. The van der Waals surface area contributed by atoms with Gasteiger partial charge in [0.05, 0.1) is 7.11 Å². The predicted molar refractivity (Wildman–Crippen MR) is 64.5 cm³/mol. The van der Waals surface area contributed by atoms with Crippen molar-refractivity contribution in [2.24, 2.45) is 0 Å². The minimum absolute atomic E-state index is 0.203. The molecule has 1 heterocycles. The summed E-state index contributed by atoms with van der Waals surface area (Å²) in [5.41, 5.74) is -0.761. The Morgan fingerprint density at radius 3 is 2.11 bits per heavy atom. The molecule has 0 aromatic carbocycles. The Bertz CT molecular complexity index is 386. The van der Waals surface area contributed by atoms with E-state index in [1.165, 1.54) is 7.11 Å². The lowest BCUT2D eigenvalue weighted by Crippen LogP contribution is -2.50. The van der Waals surface area contributed by atoms with Crippen LogP contribution < -0.4 is 0 Å². The fraction of sp³-hybridized carbons (Fsp3) is 0.750. The quantitative estimate of drug-likeness (QED) is 0.755. The highest BCUT2D eigenvalue weighted by molar-refractivity contribution is 5.87. The monoisotopic (exact) mass is 273 g/mol. The number of ether oxygens (including phenoxy) is 2. The normalized spacial score (nSPS) is 23.1. The second-order valence-corrected chi connectivity index (χ2v) is 5.36. The molecular formula is C12H19NO6. The van der Waals surface area contributed by atoms with Gasteiger partial charge in [-0.05, 0) is 33.6 Å². The van der Waals surface area contributed by atoms with Gasteiger partial charge in [0.25, 0.3) is 0 Å². The lowest BCUT2D eigenvalue weighted by molar-refractivity contribution is -0.148. The molecule has 1 saturated heterocycles. The van der Waals surface area contributed by atoms with Crippen LogP contribution in [-0.4, -0.2) is 52.8 Å². The van der Waals surface area contributed by atoms with Crippen LogP contribution in [0.5, 0.6) is 0 Å². The van der Waals surface area contributed by atoms with Gasteiger partial charge in [0.1, 0.15) is 17.7 Å². The van der Waals surface area contributed by atoms with Crippen molar-refractivity contribution in [2.75, 3.05) is 7.11 Å². The molecule has 0 radical (unpaired) electrons. The molecule has 7 heteroatoms. The highest BCUT2D eigenvalue weighted by atomic mass is 16.6. The predicted octanol–water partition coefficient (Wildman–Crippen LogP) is 1.01. The number of esters is 1. The van der Waals surface area contributed by atoms with Crippen molar-refractivity contribution in [3.63, 3.8) is 0 Å². The largest absolute Gasteiger partial charge is 0.480 e. The first-order valence-electron chi connectivity index (χ1n) is 5.99. The van der Waals surface area contributed by atoms with Crippen molar-refractivity contribution in [1.82, 2.24) is 4.90 Å². The van der Waals surface area contributed by atoms with E-state index < -0.39 is 35.7 Å². The summed E-state index contributed by atoms with van der Waals surface area (Å²) < 4.78 is 9.73. The lowest BCUT2D eigenvalue weighted by atomic mass is 10.2. The summed E-state index contributed by atoms with van der Waals surface area (Å²) in [5, 5.41) is 9.10. The van der Waals surface area contributed by atoms with Crippen LogP contribution >= 0.6 is 0 Å². The fourth-order valence-corrected chi connectivity index (χ4v) is 1.99. The van der Waals surface area contributed by atoms with Crippen LogP contribution in [0.3, 0.4) is 0 Å². The molecule has 1 rings (SSSR count). The van der Waals surface area contributed by atoms with E-state index in [4.69, 9.17) is 9.84 Å². The van der Waals surface area contributed by atoms with Crippen LogP contribution in [0, 0.1) is 0 Å². The zero-order valence-corrected chi connectivity index (χ0v) is 11.5. The van der Waals surface area contributed by atoms with E-state index in [1.54, 1.807) is 20.8 Å². The molecule has 1 aliphatic rings. The van der Waals surface area contributed by atoms with Gasteiger partial charge in [-0.15, -0.1) is 0 Å². The minimum atomic E-state index is -1.16. The number of carboxylic acids is 1. The maximum Gasteiger partial charge on any atom is 0.411 e. The first-order valence-corrected chi connectivity index (χ1v) is 5.99. The number of rotatable bonds is 2. The minimum Gasteiger partial charge on any atom is -0.480 e. The summed E-state index contributed by atoms with van der Waals surface area (Å²) in [6.45, 7) is 5.01. The third kappa shape index (κ3) is 3.59. The zero-order chi connectivity index (χ0) is 14.8. The van der Waals surface area contributed by atoms with Crippen LogP contribution in [0.2, 0.25) is 0 Å². The van der Waals surface area contributed by atoms with Crippen LogP contribution in [0.1, 0.15) is 33.6 Å². The Kier molecular flexibility index (Phi) is 4.39. The van der Waals surface area contributed by atoms with Crippen molar-refractivity contribution in [3.8, 4) is 0 Å². The molecule has 1 unspecified atom stereocenters. The highest BCUT2D eigenvalue weighted by Crippen LogP contribution is 2.27. The first-order chi connectivity index (χ1) is 8.67. The first kappa shape index (κ1) is 15.3. The van der Waals surface area contributed by atoms with Gasteiger partial charge in [-0.3, -0.25) is 4.90 Å². The van der Waals surface area contributed by atoms with E-state index >= 15 is 0 Å². The van der Waals surface area contributed by atoms with Gasteiger partial charge in [0.2, 0.25) is 0 Å². The molecule has 0 aliphatic carbocycles. The Morgan fingerprint density at radius 2 is 1.68 bits per heavy atom. The van der Waals surface area contributed by atoms with Gasteiger partial charge in [0, 0.05) is 0 Å². The molecular weight excluding hydrogens is 254 g/mol. The number of hydrogen-bond donors (Lipinski definition) is 1. The van der Waals surface area contributed by atoms with Gasteiger partial charge >= 0.3 is 18.0 Å². The molecule has 19 heavy (non-hydrogen) atoms. The number of amides is 1. The fourth-order valence-electron chi connectivity index (χ4n) is 1.99. The number of aliphatic carboxylic acids is 1. The van der Waals surface area contributed by atoms with Gasteiger partial charge in [-0.25, -0.2) is 14.4 Å². The second-order valence-electron chi connectivity index (χ2n) is 5.36. The van der Waals surface area contributed by atoms with E-state index in [9.17, 15) is 14.4 Å². The van der Waals surface area contributed by atoms with Gasteiger partial charge in [-0.2, -0.15) is 0 Å². The summed E-state index contributed by atoms with van der Waals surface area (Å²) in [7, 11) is 1.20. The molecule has 0 aromatic heterocycles. The van der Waals surface area contributed by atoms with Gasteiger partial charge < -0.3 is 14.6 Å². The molecule has 108 valence electrons. The topological polar surface area (TPSA) is 93.1 Å². The standard InChI is InChI=1S/C12H19NO6/c1-12(2,3)19-11(17)13-7(9(14)15)5-6-8(13)10(16)18-4/h7-8H,5-6H2,1-4H3,(H,14,15)/t7?,8-/m1/s1. The Hall–Kier alpha value is -1.79. The lowest BCUT2D eigenvalue weighted by Gasteiger charge is -2.29. The van der Waals surface area contributed by atoms with Crippen molar-refractivity contribution in [3.05, 3.63) is 0 Å². The maximum absolute atomic E-state index is 12.0. The van der Waals surface area contributed by atoms with E-state index in [2.05, 4.69) is 4.74 Å². The van der Waals surface area contributed by atoms with Crippen LogP contribution in [0.15, 0.2) is 0 Å². The van der Waals surface area contributed by atoms with Crippen molar-refractivity contribution >= 4 is 18.0 Å². The number of hydrogen-bond acceptors (Lipinski definition) is 5. The van der Waals surface area contributed by atoms with Crippen LogP contribution in [0.25, 0.3) is 0 Å². The third-order valence-corrected chi connectivity index (χ3v) is 2.75. The average molecular weight is 273 g/mol. The Labute approximate surface area is 111 Å². The van der Waals surface area contributed by atoms with Crippen molar-refractivity contribution < 1.29 is 29.0 Å². The second kappa shape index (κ2) is 5.46. The number of carbonyl (C=O) groups excluding carboxylic acids is 2. The molecule has 1 fully saturated rings. The molecule has 1 N–H and O–H groups in total. The molecule has 0 aromatic rings. The van der Waals surface area contributed by atoms with Gasteiger partial charge in [0.15, 0.2) is 0 Å². The van der Waals surface area contributed by atoms with Crippen molar-refractivity contribution in [1.29, 1.82) is 0 Å².